The summed E-state index contributed by atoms with van der Waals surface area (Å²) in [6, 6.07) is 7.89. The van der Waals surface area contributed by atoms with Crippen molar-refractivity contribution in [2.45, 2.75) is 32.7 Å². The van der Waals surface area contributed by atoms with Gasteiger partial charge < -0.3 is 15.4 Å². The molecule has 1 aliphatic rings. The molecule has 0 radical (unpaired) electrons. The van der Waals surface area contributed by atoms with Gasteiger partial charge in [0.15, 0.2) is 0 Å². The predicted molar refractivity (Wildman–Crippen MR) is 80.1 cm³/mol. The zero-order chi connectivity index (χ0) is 14.4. The number of hydrogen-bond donors (Lipinski definition) is 2. The first-order chi connectivity index (χ1) is 9.69. The van der Waals surface area contributed by atoms with Crippen molar-refractivity contribution in [2.24, 2.45) is 5.92 Å². The highest BCUT2D eigenvalue weighted by atomic mass is 16.5. The third-order valence-corrected chi connectivity index (χ3v) is 3.74. The van der Waals surface area contributed by atoms with Crippen molar-refractivity contribution in [3.05, 3.63) is 29.8 Å². The lowest BCUT2D eigenvalue weighted by Crippen LogP contribution is -2.41. The van der Waals surface area contributed by atoms with Gasteiger partial charge in [-0.2, -0.15) is 0 Å². The minimum absolute atomic E-state index is 0.00771. The van der Waals surface area contributed by atoms with Crippen LogP contribution in [0.4, 0.5) is 0 Å². The van der Waals surface area contributed by atoms with Crippen LogP contribution in [-0.2, 0) is 0 Å². The molecule has 1 aromatic carbocycles. The number of ether oxygens (including phenoxy) is 1. The molecule has 1 aromatic rings. The zero-order valence-corrected chi connectivity index (χ0v) is 12.3. The number of carbonyl (C=O) groups is 1. The van der Waals surface area contributed by atoms with E-state index in [2.05, 4.69) is 17.6 Å². The Morgan fingerprint density at radius 1 is 1.35 bits per heavy atom. The maximum Gasteiger partial charge on any atom is 0.251 e. The molecule has 2 unspecified atom stereocenters. The van der Waals surface area contributed by atoms with Crippen molar-refractivity contribution in [1.82, 2.24) is 10.6 Å². The standard InChI is InChI=1S/C16H24N2O2/c1-3-20-15-8-6-14(7-9-15)16(19)18-11-13-5-4-12(2)17-10-13/h6-9,12-13,17H,3-5,10-11H2,1-2H3,(H,18,19). The number of nitrogens with one attached hydrogen (secondary N) is 2. The topological polar surface area (TPSA) is 50.4 Å². The van der Waals surface area contributed by atoms with Crippen LogP contribution in [0.1, 0.15) is 37.0 Å². The van der Waals surface area contributed by atoms with Crippen molar-refractivity contribution in [3.8, 4) is 5.75 Å². The Balaban J connectivity index is 1.79. The molecule has 2 N–H and O–H groups in total. The maximum absolute atomic E-state index is 12.0. The number of rotatable bonds is 5. The van der Waals surface area contributed by atoms with Crippen LogP contribution in [0.15, 0.2) is 24.3 Å². The molecule has 0 spiro atoms. The second kappa shape index (κ2) is 7.29. The van der Waals surface area contributed by atoms with Crippen LogP contribution in [0.5, 0.6) is 5.75 Å². The van der Waals surface area contributed by atoms with E-state index in [1.165, 1.54) is 12.8 Å². The summed E-state index contributed by atoms with van der Waals surface area (Å²) in [7, 11) is 0. The molecule has 2 atom stereocenters. The van der Waals surface area contributed by atoms with Crippen LogP contribution in [-0.4, -0.2) is 31.6 Å². The second-order valence-corrected chi connectivity index (χ2v) is 5.42. The minimum atomic E-state index is -0.00771. The first-order valence-electron chi connectivity index (χ1n) is 7.43. The van der Waals surface area contributed by atoms with Crippen molar-refractivity contribution >= 4 is 5.91 Å². The fraction of sp³-hybridized carbons (Fsp3) is 0.562. The van der Waals surface area contributed by atoms with E-state index in [0.29, 0.717) is 24.1 Å². The largest absolute Gasteiger partial charge is 0.494 e. The molecule has 0 aliphatic carbocycles. The summed E-state index contributed by atoms with van der Waals surface area (Å²) in [5.41, 5.74) is 0.686. The van der Waals surface area contributed by atoms with E-state index in [9.17, 15) is 4.79 Å². The molecule has 1 aliphatic heterocycles. The summed E-state index contributed by atoms with van der Waals surface area (Å²) in [6.07, 6.45) is 2.36. The summed E-state index contributed by atoms with van der Waals surface area (Å²) in [5.74, 6) is 1.33. The number of piperidine rings is 1. The third-order valence-electron chi connectivity index (χ3n) is 3.74. The average Bonchev–Trinajstić information content (AvgIpc) is 2.47. The highest BCUT2D eigenvalue weighted by molar-refractivity contribution is 5.94. The monoisotopic (exact) mass is 276 g/mol. The van der Waals surface area contributed by atoms with Crippen molar-refractivity contribution in [2.75, 3.05) is 19.7 Å². The van der Waals surface area contributed by atoms with Gasteiger partial charge in [0.05, 0.1) is 6.61 Å². The van der Waals surface area contributed by atoms with Gasteiger partial charge in [0.2, 0.25) is 0 Å². The Kier molecular flexibility index (Phi) is 5.41. The normalized spacial score (nSPS) is 22.3. The number of amides is 1. The highest BCUT2D eigenvalue weighted by Crippen LogP contribution is 2.14. The molecule has 1 saturated heterocycles. The molecule has 110 valence electrons. The van der Waals surface area contributed by atoms with Crippen molar-refractivity contribution < 1.29 is 9.53 Å². The molecule has 4 heteroatoms. The summed E-state index contributed by atoms with van der Waals surface area (Å²) in [4.78, 5) is 12.0. The van der Waals surface area contributed by atoms with Crippen molar-refractivity contribution in [1.29, 1.82) is 0 Å². The molecule has 0 bridgehead atoms. The van der Waals surface area contributed by atoms with E-state index in [1.807, 2.05) is 31.2 Å². The molecule has 1 amide bonds. The van der Waals surface area contributed by atoms with E-state index >= 15 is 0 Å². The van der Waals surface area contributed by atoms with Gasteiger partial charge in [-0.05, 0) is 63.4 Å². The fourth-order valence-electron chi connectivity index (χ4n) is 2.44. The second-order valence-electron chi connectivity index (χ2n) is 5.42. The molecular formula is C16H24N2O2. The molecule has 1 fully saturated rings. The van der Waals surface area contributed by atoms with Crippen LogP contribution in [0, 0.1) is 5.92 Å². The molecule has 0 aromatic heterocycles. The summed E-state index contributed by atoms with van der Waals surface area (Å²) in [5, 5.41) is 6.46. The van der Waals surface area contributed by atoms with Gasteiger partial charge in [-0.1, -0.05) is 0 Å². The van der Waals surface area contributed by atoms with E-state index in [1.54, 1.807) is 0 Å². The summed E-state index contributed by atoms with van der Waals surface area (Å²) < 4.78 is 5.37. The van der Waals surface area contributed by atoms with Crippen molar-refractivity contribution in [3.63, 3.8) is 0 Å². The van der Waals surface area contributed by atoms with Gasteiger partial charge in [-0.25, -0.2) is 0 Å². The molecule has 0 saturated carbocycles. The molecular weight excluding hydrogens is 252 g/mol. The summed E-state index contributed by atoms with van der Waals surface area (Å²) >= 11 is 0. The number of benzene rings is 1. The van der Waals surface area contributed by atoms with E-state index < -0.39 is 0 Å². The van der Waals surface area contributed by atoms with E-state index in [0.717, 1.165) is 18.8 Å². The number of hydrogen-bond acceptors (Lipinski definition) is 3. The molecule has 4 nitrogen and oxygen atoms in total. The van der Waals surface area contributed by atoms with Crippen LogP contribution < -0.4 is 15.4 Å². The van der Waals surface area contributed by atoms with Crippen LogP contribution in [0.25, 0.3) is 0 Å². The Bertz CT molecular complexity index is 423. The first kappa shape index (κ1) is 14.9. The molecule has 2 rings (SSSR count). The SMILES string of the molecule is CCOc1ccc(C(=O)NCC2CCC(C)NC2)cc1. The highest BCUT2D eigenvalue weighted by Gasteiger charge is 2.18. The van der Waals surface area contributed by atoms with Crippen LogP contribution >= 0.6 is 0 Å². The van der Waals surface area contributed by atoms with Gasteiger partial charge in [0.25, 0.3) is 5.91 Å². The first-order valence-corrected chi connectivity index (χ1v) is 7.43. The maximum atomic E-state index is 12.0. The Labute approximate surface area is 120 Å². The summed E-state index contributed by atoms with van der Waals surface area (Å²) in [6.45, 7) is 6.52. The Morgan fingerprint density at radius 2 is 2.10 bits per heavy atom. The average molecular weight is 276 g/mol. The molecule has 1 heterocycles. The van der Waals surface area contributed by atoms with Gasteiger partial charge >= 0.3 is 0 Å². The van der Waals surface area contributed by atoms with Crippen LogP contribution in [0.3, 0.4) is 0 Å². The Hall–Kier alpha value is -1.55. The smallest absolute Gasteiger partial charge is 0.251 e. The van der Waals surface area contributed by atoms with Crippen LogP contribution in [0.2, 0.25) is 0 Å². The third kappa shape index (κ3) is 4.23. The Morgan fingerprint density at radius 3 is 2.70 bits per heavy atom. The van der Waals surface area contributed by atoms with Gasteiger partial charge in [-0.3, -0.25) is 4.79 Å². The lowest BCUT2D eigenvalue weighted by molar-refractivity contribution is 0.0944. The zero-order valence-electron chi connectivity index (χ0n) is 12.3. The predicted octanol–water partition coefficient (Wildman–Crippen LogP) is 2.20. The fourth-order valence-corrected chi connectivity index (χ4v) is 2.44. The van der Waals surface area contributed by atoms with Gasteiger partial charge in [0, 0.05) is 18.2 Å². The minimum Gasteiger partial charge on any atom is -0.494 e. The quantitative estimate of drug-likeness (QED) is 0.867. The lowest BCUT2D eigenvalue weighted by atomic mass is 9.95. The lowest BCUT2D eigenvalue weighted by Gasteiger charge is -2.27. The van der Waals surface area contributed by atoms with Gasteiger partial charge in [-0.15, -0.1) is 0 Å². The van der Waals surface area contributed by atoms with E-state index in [-0.39, 0.29) is 5.91 Å². The number of carbonyl (C=O) groups excluding carboxylic acids is 1. The molecule has 20 heavy (non-hydrogen) atoms. The van der Waals surface area contributed by atoms with E-state index in [4.69, 9.17) is 4.74 Å². The van der Waals surface area contributed by atoms with Gasteiger partial charge in [0.1, 0.15) is 5.75 Å².